The van der Waals surface area contributed by atoms with Gasteiger partial charge in [0, 0.05) is 6.20 Å². The first-order chi connectivity index (χ1) is 9.20. The van der Waals surface area contributed by atoms with Gasteiger partial charge in [-0.25, -0.2) is 15.8 Å². The highest BCUT2D eigenvalue weighted by atomic mass is 16.1. The van der Waals surface area contributed by atoms with Gasteiger partial charge in [-0.05, 0) is 18.6 Å². The fraction of sp³-hybridized carbons (Fsp3) is 0.167. The zero-order valence-electron chi connectivity index (χ0n) is 10.4. The second-order valence-corrected chi connectivity index (χ2v) is 3.88. The van der Waals surface area contributed by atoms with E-state index in [0.717, 1.165) is 11.3 Å². The summed E-state index contributed by atoms with van der Waals surface area (Å²) in [5.41, 5.74) is 4.42. The lowest BCUT2D eigenvalue weighted by Crippen LogP contribution is -2.25. The minimum atomic E-state index is -0.305. The summed E-state index contributed by atoms with van der Waals surface area (Å²) < 4.78 is 0. The molecule has 19 heavy (non-hydrogen) atoms. The number of hydrazine groups is 1. The van der Waals surface area contributed by atoms with Crippen LogP contribution in [0.4, 0.5) is 5.82 Å². The average molecular weight is 258 g/mol. The molecule has 0 spiro atoms. The molecule has 0 aliphatic rings. The van der Waals surface area contributed by atoms with Crippen molar-refractivity contribution in [1.29, 1.82) is 0 Å². The van der Waals surface area contributed by atoms with Crippen molar-refractivity contribution in [1.82, 2.24) is 20.3 Å². The first-order valence-electron chi connectivity index (χ1n) is 5.68. The van der Waals surface area contributed by atoms with Crippen molar-refractivity contribution in [2.45, 2.75) is 13.5 Å². The fourth-order valence-electron chi connectivity index (χ4n) is 1.48. The smallest absolute Gasteiger partial charge is 0.271 e. The van der Waals surface area contributed by atoms with E-state index in [1.165, 1.54) is 12.4 Å². The normalized spacial score (nSPS) is 10.0. The van der Waals surface area contributed by atoms with Crippen LogP contribution in [-0.4, -0.2) is 20.9 Å². The lowest BCUT2D eigenvalue weighted by molar-refractivity contribution is 0.0945. The molecule has 98 valence electrons. The quantitative estimate of drug-likeness (QED) is 0.541. The topological polar surface area (TPSA) is 106 Å². The molecule has 0 aromatic carbocycles. The maximum atomic E-state index is 11.8. The molecule has 1 amide bonds. The van der Waals surface area contributed by atoms with Gasteiger partial charge in [-0.2, -0.15) is 0 Å². The number of amides is 1. The summed E-state index contributed by atoms with van der Waals surface area (Å²) in [6.45, 7) is 2.29. The van der Waals surface area contributed by atoms with E-state index in [1.807, 2.05) is 19.1 Å². The number of aryl methyl sites for hydroxylation is 1. The van der Waals surface area contributed by atoms with Gasteiger partial charge < -0.3 is 10.7 Å². The SMILES string of the molecule is Cc1cccnc1CNC(=O)c1cnc(NN)cn1. The lowest BCUT2D eigenvalue weighted by Gasteiger charge is -2.06. The number of pyridine rings is 1. The highest BCUT2D eigenvalue weighted by Gasteiger charge is 2.08. The first-order valence-corrected chi connectivity index (χ1v) is 5.68. The van der Waals surface area contributed by atoms with Crippen LogP contribution in [0.25, 0.3) is 0 Å². The summed E-state index contributed by atoms with van der Waals surface area (Å²) in [6.07, 6.45) is 4.44. The van der Waals surface area contributed by atoms with Crippen molar-refractivity contribution in [3.8, 4) is 0 Å². The van der Waals surface area contributed by atoms with Crippen molar-refractivity contribution in [3.63, 3.8) is 0 Å². The highest BCUT2D eigenvalue weighted by molar-refractivity contribution is 5.91. The maximum absolute atomic E-state index is 11.8. The van der Waals surface area contributed by atoms with Crippen LogP contribution in [0, 0.1) is 6.92 Å². The molecular weight excluding hydrogens is 244 g/mol. The second kappa shape index (κ2) is 5.87. The van der Waals surface area contributed by atoms with Gasteiger partial charge in [0.05, 0.1) is 24.6 Å². The molecule has 0 aliphatic heterocycles. The molecule has 0 saturated heterocycles. The number of carbonyl (C=O) groups is 1. The number of hydrogen-bond donors (Lipinski definition) is 3. The van der Waals surface area contributed by atoms with E-state index in [2.05, 4.69) is 25.7 Å². The third-order valence-corrected chi connectivity index (χ3v) is 2.57. The molecule has 4 N–H and O–H groups in total. The maximum Gasteiger partial charge on any atom is 0.271 e. The molecule has 0 atom stereocenters. The Morgan fingerprint density at radius 1 is 1.32 bits per heavy atom. The number of nitrogens with zero attached hydrogens (tertiary/aromatic N) is 3. The van der Waals surface area contributed by atoms with Crippen molar-refractivity contribution in [2.75, 3.05) is 5.43 Å². The van der Waals surface area contributed by atoms with Crippen LogP contribution in [0.5, 0.6) is 0 Å². The molecule has 2 heterocycles. The van der Waals surface area contributed by atoms with Crippen LogP contribution in [0.1, 0.15) is 21.7 Å². The Balaban J connectivity index is 1.99. The molecule has 2 rings (SSSR count). The van der Waals surface area contributed by atoms with Crippen LogP contribution < -0.4 is 16.6 Å². The third kappa shape index (κ3) is 3.23. The second-order valence-electron chi connectivity index (χ2n) is 3.88. The Morgan fingerprint density at radius 2 is 2.16 bits per heavy atom. The number of aromatic nitrogens is 3. The van der Waals surface area contributed by atoms with Gasteiger partial charge >= 0.3 is 0 Å². The number of hydrogen-bond acceptors (Lipinski definition) is 6. The van der Waals surface area contributed by atoms with Gasteiger partial charge in [0.2, 0.25) is 0 Å². The predicted molar refractivity (Wildman–Crippen MR) is 70.0 cm³/mol. The summed E-state index contributed by atoms with van der Waals surface area (Å²) >= 11 is 0. The number of nitrogens with one attached hydrogen (secondary N) is 2. The summed E-state index contributed by atoms with van der Waals surface area (Å²) in [5.74, 6) is 5.26. The number of rotatable bonds is 4. The minimum absolute atomic E-state index is 0.229. The first kappa shape index (κ1) is 12.9. The zero-order chi connectivity index (χ0) is 13.7. The summed E-state index contributed by atoms with van der Waals surface area (Å²) in [7, 11) is 0. The molecule has 0 saturated carbocycles. The Kier molecular flexibility index (Phi) is 3.99. The van der Waals surface area contributed by atoms with E-state index in [9.17, 15) is 4.79 Å². The van der Waals surface area contributed by atoms with E-state index in [0.29, 0.717) is 12.4 Å². The molecular formula is C12H14N6O. The summed E-state index contributed by atoms with van der Waals surface area (Å²) in [4.78, 5) is 23.9. The van der Waals surface area contributed by atoms with E-state index < -0.39 is 0 Å². The molecule has 0 aliphatic carbocycles. The highest BCUT2D eigenvalue weighted by Crippen LogP contribution is 2.03. The Hall–Kier alpha value is -2.54. The molecule has 7 heteroatoms. The number of nitrogens with two attached hydrogens (primary N) is 1. The third-order valence-electron chi connectivity index (χ3n) is 2.57. The average Bonchev–Trinajstić information content (AvgIpc) is 2.46. The zero-order valence-corrected chi connectivity index (χ0v) is 10.4. The molecule has 2 aromatic rings. The fourth-order valence-corrected chi connectivity index (χ4v) is 1.48. The van der Waals surface area contributed by atoms with Crippen LogP contribution >= 0.6 is 0 Å². The number of nitrogen functional groups attached to an aromatic ring is 1. The Morgan fingerprint density at radius 3 is 2.79 bits per heavy atom. The summed E-state index contributed by atoms with van der Waals surface area (Å²) in [5, 5.41) is 2.74. The summed E-state index contributed by atoms with van der Waals surface area (Å²) in [6, 6.07) is 3.79. The molecule has 0 unspecified atom stereocenters. The van der Waals surface area contributed by atoms with Gasteiger partial charge in [0.1, 0.15) is 5.69 Å². The molecule has 0 fully saturated rings. The lowest BCUT2D eigenvalue weighted by atomic mass is 10.2. The van der Waals surface area contributed by atoms with Crippen molar-refractivity contribution >= 4 is 11.7 Å². The van der Waals surface area contributed by atoms with Gasteiger partial charge in [-0.15, -0.1) is 0 Å². The predicted octanol–water partition coefficient (Wildman–Crippen LogP) is 0.396. The van der Waals surface area contributed by atoms with Crippen LogP contribution in [0.2, 0.25) is 0 Å². The molecule has 7 nitrogen and oxygen atoms in total. The molecule has 2 aromatic heterocycles. The van der Waals surface area contributed by atoms with Crippen molar-refractivity contribution in [3.05, 3.63) is 47.7 Å². The van der Waals surface area contributed by atoms with Gasteiger partial charge in [0.15, 0.2) is 5.82 Å². The minimum Gasteiger partial charge on any atom is -0.345 e. The van der Waals surface area contributed by atoms with Crippen LogP contribution in [0.3, 0.4) is 0 Å². The van der Waals surface area contributed by atoms with E-state index in [-0.39, 0.29) is 11.6 Å². The van der Waals surface area contributed by atoms with Gasteiger partial charge in [-0.3, -0.25) is 9.78 Å². The Bertz CT molecular complexity index is 569. The standard InChI is InChI=1S/C12H14N6O/c1-8-3-2-4-14-9(8)5-17-12(19)10-6-16-11(18-13)7-15-10/h2-4,6-7H,5,13H2,1H3,(H,16,18)(H,17,19). The van der Waals surface area contributed by atoms with Gasteiger partial charge in [-0.1, -0.05) is 6.07 Å². The van der Waals surface area contributed by atoms with Crippen LogP contribution in [0.15, 0.2) is 30.7 Å². The molecule has 0 radical (unpaired) electrons. The van der Waals surface area contributed by atoms with E-state index in [4.69, 9.17) is 5.84 Å². The number of anilines is 1. The molecule has 0 bridgehead atoms. The van der Waals surface area contributed by atoms with E-state index in [1.54, 1.807) is 6.20 Å². The number of carbonyl (C=O) groups excluding carboxylic acids is 1. The Labute approximate surface area is 110 Å². The van der Waals surface area contributed by atoms with Gasteiger partial charge in [0.25, 0.3) is 5.91 Å². The monoisotopic (exact) mass is 258 g/mol. The van der Waals surface area contributed by atoms with Crippen LogP contribution in [-0.2, 0) is 6.54 Å². The van der Waals surface area contributed by atoms with Crippen molar-refractivity contribution in [2.24, 2.45) is 5.84 Å². The van der Waals surface area contributed by atoms with Crippen molar-refractivity contribution < 1.29 is 4.79 Å². The van der Waals surface area contributed by atoms with E-state index >= 15 is 0 Å². The largest absolute Gasteiger partial charge is 0.345 e.